The summed E-state index contributed by atoms with van der Waals surface area (Å²) in [4.78, 5) is 24.1. The van der Waals surface area contributed by atoms with Gasteiger partial charge in [-0.3, -0.25) is 4.79 Å². The molecule has 1 fully saturated rings. The van der Waals surface area contributed by atoms with Crippen molar-refractivity contribution in [3.8, 4) is 0 Å². The Hall–Kier alpha value is -1.42. The average Bonchev–Trinajstić information content (AvgIpc) is 2.39. The van der Waals surface area contributed by atoms with Gasteiger partial charge in [-0.15, -0.1) is 0 Å². The van der Waals surface area contributed by atoms with Crippen LogP contribution >= 0.6 is 0 Å². The fraction of sp³-hybridized carbons (Fsp3) is 0.625. The van der Waals surface area contributed by atoms with Crippen molar-refractivity contribution < 1.29 is 19.4 Å². The minimum atomic E-state index is -1.51. The zero-order valence-electron chi connectivity index (χ0n) is 12.2. The Labute approximate surface area is 118 Å². The monoisotopic (exact) mass is 276 g/mol. The maximum absolute atomic E-state index is 12.3. The number of methoxy groups -OCH3 is 1. The van der Waals surface area contributed by atoms with Crippen LogP contribution in [0.1, 0.15) is 39.5 Å². The van der Waals surface area contributed by atoms with Gasteiger partial charge in [-0.1, -0.05) is 24.6 Å². The molecule has 0 saturated heterocycles. The molecular weight excluding hydrogens is 256 g/mol. The molecule has 4 nitrogen and oxygen atoms in total. The fourth-order valence-corrected chi connectivity index (χ4v) is 4.40. The number of ether oxygens (including phenoxy) is 1. The first-order valence-corrected chi connectivity index (χ1v) is 7.05. The third kappa shape index (κ3) is 1.35. The minimum Gasteiger partial charge on any atom is -0.467 e. The van der Waals surface area contributed by atoms with Crippen molar-refractivity contribution in [2.45, 2.75) is 45.1 Å². The number of fused-ring (bicyclic) bond motifs is 3. The maximum atomic E-state index is 12.3. The molecule has 0 aromatic carbocycles. The van der Waals surface area contributed by atoms with Crippen LogP contribution < -0.4 is 0 Å². The van der Waals surface area contributed by atoms with Gasteiger partial charge in [0.05, 0.1) is 12.5 Å². The van der Waals surface area contributed by atoms with Crippen LogP contribution in [0.25, 0.3) is 0 Å². The van der Waals surface area contributed by atoms with Crippen molar-refractivity contribution in [2.24, 2.45) is 10.8 Å². The second-order valence-corrected chi connectivity index (χ2v) is 6.59. The van der Waals surface area contributed by atoms with Crippen LogP contribution in [-0.4, -0.2) is 29.6 Å². The molecular formula is C16H20O4. The van der Waals surface area contributed by atoms with Gasteiger partial charge in [-0.2, -0.15) is 0 Å². The van der Waals surface area contributed by atoms with Crippen LogP contribution in [0, 0.1) is 10.8 Å². The van der Waals surface area contributed by atoms with E-state index in [1.54, 1.807) is 0 Å². The van der Waals surface area contributed by atoms with Crippen LogP contribution in [0.2, 0.25) is 0 Å². The first-order chi connectivity index (χ1) is 9.29. The molecule has 3 aliphatic rings. The first-order valence-electron chi connectivity index (χ1n) is 7.05. The number of aliphatic hydroxyl groups is 1. The van der Waals surface area contributed by atoms with E-state index in [1.807, 2.05) is 19.9 Å². The summed E-state index contributed by atoms with van der Waals surface area (Å²) in [5.74, 6) is -0.340. The molecule has 0 bridgehead atoms. The van der Waals surface area contributed by atoms with Crippen molar-refractivity contribution >= 4 is 11.8 Å². The van der Waals surface area contributed by atoms with Crippen LogP contribution in [0.3, 0.4) is 0 Å². The summed E-state index contributed by atoms with van der Waals surface area (Å²) in [6, 6.07) is 0. The van der Waals surface area contributed by atoms with Gasteiger partial charge in [-0.25, -0.2) is 4.79 Å². The Morgan fingerprint density at radius 2 is 1.95 bits per heavy atom. The van der Waals surface area contributed by atoms with Crippen molar-refractivity contribution in [1.29, 1.82) is 0 Å². The highest BCUT2D eigenvalue weighted by molar-refractivity contribution is 5.93. The zero-order valence-corrected chi connectivity index (χ0v) is 12.2. The molecule has 108 valence electrons. The lowest BCUT2D eigenvalue weighted by Gasteiger charge is -2.60. The van der Waals surface area contributed by atoms with E-state index in [1.165, 1.54) is 7.11 Å². The van der Waals surface area contributed by atoms with Crippen molar-refractivity contribution in [1.82, 2.24) is 0 Å². The Kier molecular flexibility index (Phi) is 2.59. The molecule has 1 N–H and O–H groups in total. The van der Waals surface area contributed by atoms with Gasteiger partial charge in [0, 0.05) is 18.3 Å². The van der Waals surface area contributed by atoms with E-state index >= 15 is 0 Å². The van der Waals surface area contributed by atoms with Crippen LogP contribution in [0.5, 0.6) is 0 Å². The third-order valence-corrected chi connectivity index (χ3v) is 5.41. The smallest absolute Gasteiger partial charge is 0.342 e. The van der Waals surface area contributed by atoms with Gasteiger partial charge < -0.3 is 9.84 Å². The van der Waals surface area contributed by atoms with Crippen LogP contribution in [0.4, 0.5) is 0 Å². The second kappa shape index (κ2) is 3.82. The van der Waals surface area contributed by atoms with E-state index in [0.717, 1.165) is 12.0 Å². The standard InChI is InChI=1S/C16H20O4/c1-14-8-7-11-15(2,9-16(11,19)13(18)20-3)10(14)5-4-6-12(14)17/h5,7,19H,4,6,8-9H2,1-3H3/t14-,15+,16-/m0/s1. The number of ketones is 1. The summed E-state index contributed by atoms with van der Waals surface area (Å²) in [5, 5.41) is 10.5. The number of hydrogen-bond acceptors (Lipinski definition) is 4. The lowest BCUT2D eigenvalue weighted by molar-refractivity contribution is -0.170. The predicted octanol–water partition coefficient (Wildman–Crippen LogP) is 1.93. The first kappa shape index (κ1) is 13.6. The minimum absolute atomic E-state index is 0.264. The maximum Gasteiger partial charge on any atom is 0.342 e. The molecule has 0 radical (unpaired) electrons. The second-order valence-electron chi connectivity index (χ2n) is 6.59. The molecule has 3 rings (SSSR count). The Morgan fingerprint density at radius 1 is 1.25 bits per heavy atom. The number of carbonyl (C=O) groups excluding carboxylic acids is 2. The van der Waals surface area contributed by atoms with E-state index in [0.29, 0.717) is 24.8 Å². The number of rotatable bonds is 1. The molecule has 0 unspecified atom stereocenters. The normalized spacial score (nSPS) is 42.7. The molecule has 3 atom stereocenters. The van der Waals surface area contributed by atoms with Gasteiger partial charge in [0.1, 0.15) is 5.78 Å². The fourth-order valence-electron chi connectivity index (χ4n) is 4.40. The molecule has 0 spiro atoms. The van der Waals surface area contributed by atoms with E-state index < -0.39 is 17.0 Å². The highest BCUT2D eigenvalue weighted by Gasteiger charge is 2.66. The summed E-state index contributed by atoms with van der Waals surface area (Å²) in [5.41, 5.74) is -0.575. The highest BCUT2D eigenvalue weighted by Crippen LogP contribution is 2.65. The van der Waals surface area contributed by atoms with Gasteiger partial charge in [-0.05, 0) is 25.3 Å². The number of carbonyl (C=O) groups is 2. The molecule has 0 aliphatic heterocycles. The molecule has 0 amide bonds. The van der Waals surface area contributed by atoms with Gasteiger partial charge in [0.25, 0.3) is 0 Å². The van der Waals surface area contributed by atoms with E-state index in [4.69, 9.17) is 4.74 Å². The van der Waals surface area contributed by atoms with E-state index in [9.17, 15) is 14.7 Å². The number of esters is 1. The molecule has 0 aromatic rings. The molecule has 3 aliphatic carbocycles. The van der Waals surface area contributed by atoms with E-state index in [-0.39, 0.29) is 11.2 Å². The van der Waals surface area contributed by atoms with Crippen LogP contribution in [0.15, 0.2) is 23.3 Å². The topological polar surface area (TPSA) is 63.6 Å². The summed E-state index contributed by atoms with van der Waals surface area (Å²) >= 11 is 0. The summed E-state index contributed by atoms with van der Waals surface area (Å²) in [6.45, 7) is 3.99. The zero-order chi connectivity index (χ0) is 14.8. The van der Waals surface area contributed by atoms with Crippen molar-refractivity contribution in [3.63, 3.8) is 0 Å². The summed E-state index contributed by atoms with van der Waals surface area (Å²) < 4.78 is 4.72. The number of allylic oxidation sites excluding steroid dienone is 3. The Morgan fingerprint density at radius 3 is 2.60 bits per heavy atom. The van der Waals surface area contributed by atoms with Gasteiger partial charge in [0.15, 0.2) is 5.60 Å². The molecule has 1 saturated carbocycles. The average molecular weight is 276 g/mol. The lowest BCUT2D eigenvalue weighted by atomic mass is 9.44. The van der Waals surface area contributed by atoms with Crippen molar-refractivity contribution in [3.05, 3.63) is 23.3 Å². The SMILES string of the molecule is COC(=O)[C@]1(O)C[C@]2(C)C3=CCCC(=O)[C@@]3(C)CC=C21. The number of hydrogen-bond donors (Lipinski definition) is 1. The highest BCUT2D eigenvalue weighted by atomic mass is 16.5. The van der Waals surface area contributed by atoms with Gasteiger partial charge in [0.2, 0.25) is 0 Å². The van der Waals surface area contributed by atoms with Gasteiger partial charge >= 0.3 is 5.97 Å². The molecule has 0 heterocycles. The third-order valence-electron chi connectivity index (χ3n) is 5.41. The Bertz CT molecular complexity index is 573. The largest absolute Gasteiger partial charge is 0.467 e. The molecule has 20 heavy (non-hydrogen) atoms. The predicted molar refractivity (Wildman–Crippen MR) is 72.8 cm³/mol. The number of Topliss-reactive ketones (excluding diaryl/α,β-unsaturated/α-hetero) is 1. The molecule has 0 aromatic heterocycles. The van der Waals surface area contributed by atoms with Crippen molar-refractivity contribution in [2.75, 3.05) is 7.11 Å². The lowest BCUT2D eigenvalue weighted by Crippen LogP contribution is -2.63. The summed E-state index contributed by atoms with van der Waals surface area (Å²) in [6.07, 6.45) is 6.20. The summed E-state index contributed by atoms with van der Waals surface area (Å²) in [7, 11) is 1.28. The quantitative estimate of drug-likeness (QED) is 0.587. The molecule has 4 heteroatoms. The Balaban J connectivity index is 2.07. The van der Waals surface area contributed by atoms with E-state index in [2.05, 4.69) is 6.08 Å². The van der Waals surface area contributed by atoms with Crippen LogP contribution in [-0.2, 0) is 14.3 Å².